The largest absolute Gasteiger partial charge is 0.486 e. The van der Waals surface area contributed by atoms with Crippen LogP contribution in [-0.2, 0) is 0 Å². The smallest absolute Gasteiger partial charge is 0.258 e. The van der Waals surface area contributed by atoms with Gasteiger partial charge in [-0.2, -0.15) is 4.98 Å². The summed E-state index contributed by atoms with van der Waals surface area (Å²) in [5.41, 5.74) is 0.842. The van der Waals surface area contributed by atoms with Crippen LogP contribution in [0.3, 0.4) is 0 Å². The van der Waals surface area contributed by atoms with E-state index < -0.39 is 0 Å². The van der Waals surface area contributed by atoms with Gasteiger partial charge in [-0.15, -0.1) is 12.4 Å². The van der Waals surface area contributed by atoms with Gasteiger partial charge in [0, 0.05) is 25.2 Å². The van der Waals surface area contributed by atoms with E-state index in [1.54, 1.807) is 0 Å². The molecule has 0 amide bonds. The molecule has 1 saturated heterocycles. The van der Waals surface area contributed by atoms with E-state index in [4.69, 9.17) is 14.0 Å². The second-order valence-corrected chi connectivity index (χ2v) is 5.52. The highest BCUT2D eigenvalue weighted by Crippen LogP contribution is 2.34. The zero-order valence-electron chi connectivity index (χ0n) is 12.8. The van der Waals surface area contributed by atoms with Crippen molar-refractivity contribution < 1.29 is 14.0 Å². The van der Waals surface area contributed by atoms with Crippen molar-refractivity contribution in [3.63, 3.8) is 0 Å². The van der Waals surface area contributed by atoms with Crippen LogP contribution >= 0.6 is 12.4 Å². The molecule has 1 aromatic carbocycles. The number of rotatable bonds is 2. The predicted octanol–water partition coefficient (Wildman–Crippen LogP) is 1.51. The van der Waals surface area contributed by atoms with Crippen molar-refractivity contribution in [3.8, 4) is 23.0 Å². The molecule has 2 aliphatic rings. The Hall–Kier alpha value is -1.83. The minimum atomic E-state index is 0. The van der Waals surface area contributed by atoms with E-state index in [0.29, 0.717) is 24.9 Å². The molecule has 1 unspecified atom stereocenters. The maximum atomic E-state index is 5.59. The third-order valence-corrected chi connectivity index (χ3v) is 4.04. The Bertz CT molecular complexity index is 678. The number of benzene rings is 1. The summed E-state index contributed by atoms with van der Waals surface area (Å²) in [6, 6.07) is 5.81. The fourth-order valence-electron chi connectivity index (χ4n) is 2.76. The summed E-state index contributed by atoms with van der Waals surface area (Å²) in [5.74, 6) is 2.69. The number of aromatic nitrogens is 2. The molecule has 1 N–H and O–H groups in total. The van der Waals surface area contributed by atoms with Crippen LogP contribution in [0, 0.1) is 0 Å². The van der Waals surface area contributed by atoms with Gasteiger partial charge in [0.2, 0.25) is 0 Å². The molecule has 2 aromatic rings. The molecule has 8 heteroatoms. The van der Waals surface area contributed by atoms with Crippen molar-refractivity contribution >= 4 is 12.4 Å². The fraction of sp³-hybridized carbons (Fsp3) is 0.467. The standard InChI is InChI=1S/C15H18N4O3.ClH/c1-19-5-4-16-9-11(19)14-17-15(22-18-14)10-2-3-12-13(8-10)21-7-6-20-12;/h2-3,8,11,16H,4-7,9H2,1H3;1H. The van der Waals surface area contributed by atoms with Crippen molar-refractivity contribution in [1.82, 2.24) is 20.4 Å². The molecule has 23 heavy (non-hydrogen) atoms. The van der Waals surface area contributed by atoms with E-state index in [0.717, 1.165) is 36.7 Å². The highest BCUT2D eigenvalue weighted by molar-refractivity contribution is 5.85. The van der Waals surface area contributed by atoms with Gasteiger partial charge in [0.1, 0.15) is 13.2 Å². The molecule has 7 nitrogen and oxygen atoms in total. The van der Waals surface area contributed by atoms with Crippen molar-refractivity contribution in [2.24, 2.45) is 0 Å². The number of hydrogen-bond donors (Lipinski definition) is 1. The minimum absolute atomic E-state index is 0. The Morgan fingerprint density at radius 3 is 2.87 bits per heavy atom. The van der Waals surface area contributed by atoms with Crippen LogP contribution in [0.15, 0.2) is 22.7 Å². The number of nitrogens with one attached hydrogen (secondary N) is 1. The van der Waals surface area contributed by atoms with Crippen LogP contribution in [0.4, 0.5) is 0 Å². The van der Waals surface area contributed by atoms with E-state index in [2.05, 4.69) is 27.4 Å². The SMILES string of the molecule is CN1CCNCC1c1noc(-c2ccc3c(c2)OCCO3)n1.Cl. The number of likely N-dealkylation sites (N-methyl/N-ethyl adjacent to an activating group) is 1. The normalized spacial score (nSPS) is 20.8. The topological polar surface area (TPSA) is 72.7 Å². The molecule has 3 heterocycles. The zero-order chi connectivity index (χ0) is 14.9. The van der Waals surface area contributed by atoms with E-state index in [1.807, 2.05) is 18.2 Å². The molecule has 1 fully saturated rings. The lowest BCUT2D eigenvalue weighted by molar-refractivity contribution is 0.171. The summed E-state index contributed by atoms with van der Waals surface area (Å²) >= 11 is 0. The molecule has 124 valence electrons. The molecular formula is C15H19ClN4O3. The monoisotopic (exact) mass is 338 g/mol. The van der Waals surface area contributed by atoms with Crippen LogP contribution in [0.5, 0.6) is 11.5 Å². The molecule has 0 radical (unpaired) electrons. The number of hydrogen-bond acceptors (Lipinski definition) is 7. The van der Waals surface area contributed by atoms with Crippen molar-refractivity contribution in [3.05, 3.63) is 24.0 Å². The maximum absolute atomic E-state index is 5.59. The van der Waals surface area contributed by atoms with Gasteiger partial charge >= 0.3 is 0 Å². The minimum Gasteiger partial charge on any atom is -0.486 e. The van der Waals surface area contributed by atoms with Gasteiger partial charge in [-0.25, -0.2) is 0 Å². The summed E-state index contributed by atoms with van der Waals surface area (Å²) in [6.07, 6.45) is 0. The molecule has 2 aliphatic heterocycles. The van der Waals surface area contributed by atoms with Gasteiger partial charge in [0.05, 0.1) is 6.04 Å². The zero-order valence-corrected chi connectivity index (χ0v) is 13.6. The summed E-state index contributed by atoms with van der Waals surface area (Å²) in [4.78, 5) is 6.78. The molecule has 0 saturated carbocycles. The predicted molar refractivity (Wildman–Crippen MR) is 86.2 cm³/mol. The Kier molecular flexibility index (Phi) is 4.70. The first kappa shape index (κ1) is 16.0. The summed E-state index contributed by atoms with van der Waals surface area (Å²) in [5, 5.41) is 7.49. The van der Waals surface area contributed by atoms with Gasteiger partial charge in [-0.1, -0.05) is 5.16 Å². The number of fused-ring (bicyclic) bond motifs is 1. The van der Waals surface area contributed by atoms with Crippen LogP contribution in [0.2, 0.25) is 0 Å². The molecule has 1 atom stereocenters. The lowest BCUT2D eigenvalue weighted by atomic mass is 10.2. The Labute approximate surface area is 140 Å². The summed E-state index contributed by atoms with van der Waals surface area (Å²) in [7, 11) is 2.08. The molecule has 0 aliphatic carbocycles. The van der Waals surface area contributed by atoms with Crippen LogP contribution in [-0.4, -0.2) is 54.9 Å². The van der Waals surface area contributed by atoms with Gasteiger partial charge in [0.15, 0.2) is 17.3 Å². The third kappa shape index (κ3) is 3.12. The van der Waals surface area contributed by atoms with Crippen LogP contribution < -0.4 is 14.8 Å². The van der Waals surface area contributed by atoms with E-state index in [-0.39, 0.29) is 18.4 Å². The van der Waals surface area contributed by atoms with Gasteiger partial charge in [-0.05, 0) is 25.2 Å². The van der Waals surface area contributed by atoms with E-state index >= 15 is 0 Å². The molecular weight excluding hydrogens is 320 g/mol. The number of ether oxygens (including phenoxy) is 2. The third-order valence-electron chi connectivity index (χ3n) is 4.04. The average molecular weight is 339 g/mol. The Morgan fingerprint density at radius 1 is 1.22 bits per heavy atom. The van der Waals surface area contributed by atoms with Gasteiger partial charge < -0.3 is 19.3 Å². The van der Waals surface area contributed by atoms with E-state index in [1.165, 1.54) is 0 Å². The van der Waals surface area contributed by atoms with Gasteiger partial charge in [0.25, 0.3) is 5.89 Å². The first-order valence-corrected chi connectivity index (χ1v) is 7.46. The quantitative estimate of drug-likeness (QED) is 0.889. The first-order valence-electron chi connectivity index (χ1n) is 7.46. The molecule has 1 aromatic heterocycles. The highest BCUT2D eigenvalue weighted by Gasteiger charge is 2.25. The second kappa shape index (κ2) is 6.74. The number of nitrogens with zero attached hydrogens (tertiary/aromatic N) is 3. The summed E-state index contributed by atoms with van der Waals surface area (Å²) < 4.78 is 16.5. The Morgan fingerprint density at radius 2 is 2.04 bits per heavy atom. The number of piperazine rings is 1. The van der Waals surface area contributed by atoms with E-state index in [9.17, 15) is 0 Å². The average Bonchev–Trinajstić information content (AvgIpc) is 3.04. The maximum Gasteiger partial charge on any atom is 0.258 e. The van der Waals surface area contributed by atoms with Crippen LogP contribution in [0.1, 0.15) is 11.9 Å². The molecule has 0 bridgehead atoms. The van der Waals surface area contributed by atoms with Crippen molar-refractivity contribution in [2.45, 2.75) is 6.04 Å². The van der Waals surface area contributed by atoms with Crippen molar-refractivity contribution in [1.29, 1.82) is 0 Å². The molecule has 4 rings (SSSR count). The highest BCUT2D eigenvalue weighted by atomic mass is 35.5. The Balaban J connectivity index is 0.00000156. The van der Waals surface area contributed by atoms with Crippen molar-refractivity contribution in [2.75, 3.05) is 39.9 Å². The number of halogens is 1. The fourth-order valence-corrected chi connectivity index (χ4v) is 2.76. The lowest BCUT2D eigenvalue weighted by Crippen LogP contribution is -2.44. The lowest BCUT2D eigenvalue weighted by Gasteiger charge is -2.30. The first-order chi connectivity index (χ1) is 10.8. The van der Waals surface area contributed by atoms with Gasteiger partial charge in [-0.3, -0.25) is 4.90 Å². The second-order valence-electron chi connectivity index (χ2n) is 5.52. The molecule has 0 spiro atoms. The summed E-state index contributed by atoms with van der Waals surface area (Å²) in [6.45, 7) is 3.93. The van der Waals surface area contributed by atoms with Crippen LogP contribution in [0.25, 0.3) is 11.5 Å².